The van der Waals surface area contributed by atoms with Gasteiger partial charge in [-0.1, -0.05) is 6.07 Å². The second-order valence-corrected chi connectivity index (χ2v) is 5.12. The van der Waals surface area contributed by atoms with Crippen LogP contribution in [0.4, 0.5) is 8.78 Å². The summed E-state index contributed by atoms with van der Waals surface area (Å²) in [6, 6.07) is 9.15. The fraction of sp³-hybridized carbons (Fsp3) is 0.235. The van der Waals surface area contributed by atoms with Crippen LogP contribution in [0.15, 0.2) is 30.3 Å². The number of halogens is 2. The highest BCUT2D eigenvalue weighted by Gasteiger charge is 2.15. The van der Waals surface area contributed by atoms with Gasteiger partial charge in [-0.2, -0.15) is 5.26 Å². The molecular weight excluding hydrogens is 272 g/mol. The highest BCUT2D eigenvalue weighted by molar-refractivity contribution is 5.42. The molecule has 2 aromatic rings. The van der Waals surface area contributed by atoms with Gasteiger partial charge < -0.3 is 4.74 Å². The van der Waals surface area contributed by atoms with Gasteiger partial charge in [0.1, 0.15) is 5.75 Å². The lowest BCUT2D eigenvalue weighted by molar-refractivity contribution is 0.406. The third-order valence-corrected chi connectivity index (χ3v) is 3.67. The van der Waals surface area contributed by atoms with E-state index in [0.717, 1.165) is 31.4 Å². The van der Waals surface area contributed by atoms with E-state index in [1.54, 1.807) is 12.1 Å². The van der Waals surface area contributed by atoms with Crippen molar-refractivity contribution in [3.8, 4) is 17.6 Å². The molecule has 1 aliphatic carbocycles. The number of ether oxygens (including phenoxy) is 1. The van der Waals surface area contributed by atoms with Gasteiger partial charge >= 0.3 is 0 Å². The summed E-state index contributed by atoms with van der Waals surface area (Å²) >= 11 is 0. The molecule has 0 heterocycles. The predicted molar refractivity (Wildman–Crippen MR) is 74.2 cm³/mol. The maximum Gasteiger partial charge on any atom is 0.198 e. The third-order valence-electron chi connectivity index (χ3n) is 3.67. The van der Waals surface area contributed by atoms with Crippen molar-refractivity contribution in [1.82, 2.24) is 0 Å². The molecule has 0 fully saturated rings. The van der Waals surface area contributed by atoms with Crippen LogP contribution in [0.1, 0.15) is 29.5 Å². The molecule has 0 aliphatic heterocycles. The molecular formula is C17H13F2NO. The molecule has 106 valence electrons. The molecule has 0 bridgehead atoms. The van der Waals surface area contributed by atoms with Gasteiger partial charge in [0.05, 0.1) is 11.6 Å². The fourth-order valence-electron chi connectivity index (χ4n) is 2.61. The molecule has 4 heteroatoms. The number of hydrogen-bond acceptors (Lipinski definition) is 2. The summed E-state index contributed by atoms with van der Waals surface area (Å²) in [5, 5.41) is 8.68. The predicted octanol–water partition coefficient (Wildman–Crippen LogP) is 4.51. The van der Waals surface area contributed by atoms with E-state index < -0.39 is 17.4 Å². The van der Waals surface area contributed by atoms with Crippen molar-refractivity contribution in [3.63, 3.8) is 0 Å². The molecule has 0 amide bonds. The average molecular weight is 285 g/mol. The molecule has 0 atom stereocenters. The topological polar surface area (TPSA) is 33.0 Å². The van der Waals surface area contributed by atoms with Crippen LogP contribution in [0, 0.1) is 23.0 Å². The van der Waals surface area contributed by atoms with E-state index >= 15 is 0 Å². The second kappa shape index (κ2) is 5.53. The molecule has 1 aliphatic rings. The Morgan fingerprint density at radius 3 is 2.29 bits per heavy atom. The van der Waals surface area contributed by atoms with Crippen molar-refractivity contribution in [2.75, 3.05) is 0 Å². The number of nitrogens with zero attached hydrogens (tertiary/aromatic N) is 1. The van der Waals surface area contributed by atoms with E-state index in [1.165, 1.54) is 17.5 Å². The Hall–Kier alpha value is -2.41. The van der Waals surface area contributed by atoms with Crippen LogP contribution >= 0.6 is 0 Å². The van der Waals surface area contributed by atoms with Gasteiger partial charge in [-0.15, -0.1) is 0 Å². The Morgan fingerprint density at radius 2 is 1.62 bits per heavy atom. The van der Waals surface area contributed by atoms with E-state index in [2.05, 4.69) is 0 Å². The van der Waals surface area contributed by atoms with E-state index in [9.17, 15) is 8.78 Å². The molecule has 2 nitrogen and oxygen atoms in total. The fourth-order valence-corrected chi connectivity index (χ4v) is 2.61. The van der Waals surface area contributed by atoms with E-state index in [-0.39, 0.29) is 5.56 Å². The van der Waals surface area contributed by atoms with Crippen LogP contribution in [0.3, 0.4) is 0 Å². The Balaban J connectivity index is 1.92. The average Bonchev–Trinajstić information content (AvgIpc) is 2.50. The highest BCUT2D eigenvalue weighted by Crippen LogP contribution is 2.31. The summed E-state index contributed by atoms with van der Waals surface area (Å²) in [6.45, 7) is 0. The minimum Gasteiger partial charge on any atom is -0.451 e. The standard InChI is InChI=1S/C17H13F2NO/c18-15-7-11(10-20)8-16(19)17(15)21-14-6-5-12-3-1-2-4-13(12)9-14/h5-9H,1-4H2. The largest absolute Gasteiger partial charge is 0.451 e. The van der Waals surface area contributed by atoms with E-state index in [1.807, 2.05) is 12.1 Å². The highest BCUT2D eigenvalue weighted by atomic mass is 19.1. The maximum absolute atomic E-state index is 13.8. The van der Waals surface area contributed by atoms with Gasteiger partial charge in [0.2, 0.25) is 0 Å². The van der Waals surface area contributed by atoms with E-state index in [0.29, 0.717) is 5.75 Å². The first-order chi connectivity index (χ1) is 10.2. The number of rotatable bonds is 2. The van der Waals surface area contributed by atoms with Gasteiger partial charge in [-0.3, -0.25) is 0 Å². The lowest BCUT2D eigenvalue weighted by Gasteiger charge is -2.17. The van der Waals surface area contributed by atoms with Crippen LogP contribution in [0.25, 0.3) is 0 Å². The zero-order valence-corrected chi connectivity index (χ0v) is 11.3. The number of hydrogen-bond donors (Lipinski definition) is 0. The molecule has 3 rings (SSSR count). The summed E-state index contributed by atoms with van der Waals surface area (Å²) in [4.78, 5) is 0. The number of nitriles is 1. The van der Waals surface area contributed by atoms with Crippen LogP contribution < -0.4 is 4.74 Å². The van der Waals surface area contributed by atoms with Crippen molar-refractivity contribution in [3.05, 3.63) is 58.7 Å². The first-order valence-corrected chi connectivity index (χ1v) is 6.86. The lowest BCUT2D eigenvalue weighted by atomic mass is 9.92. The van der Waals surface area contributed by atoms with Gasteiger partial charge in [0, 0.05) is 0 Å². The van der Waals surface area contributed by atoms with Gasteiger partial charge in [0.25, 0.3) is 0 Å². The van der Waals surface area contributed by atoms with Crippen LogP contribution in [0.5, 0.6) is 11.5 Å². The first kappa shape index (κ1) is 13.6. The zero-order valence-electron chi connectivity index (χ0n) is 11.3. The summed E-state index contributed by atoms with van der Waals surface area (Å²) < 4.78 is 33.0. The number of benzene rings is 2. The summed E-state index contributed by atoms with van der Waals surface area (Å²) in [5.41, 5.74) is 2.38. The molecule has 0 radical (unpaired) electrons. The van der Waals surface area contributed by atoms with Crippen LogP contribution in [0.2, 0.25) is 0 Å². The Bertz CT molecular complexity index is 711. The van der Waals surface area contributed by atoms with Crippen molar-refractivity contribution >= 4 is 0 Å². The SMILES string of the molecule is N#Cc1cc(F)c(Oc2ccc3c(c2)CCCC3)c(F)c1. The second-order valence-electron chi connectivity index (χ2n) is 5.12. The molecule has 0 aromatic heterocycles. The van der Waals surface area contributed by atoms with Crippen molar-refractivity contribution < 1.29 is 13.5 Å². The van der Waals surface area contributed by atoms with Crippen molar-refractivity contribution in [1.29, 1.82) is 5.26 Å². The summed E-state index contributed by atoms with van der Waals surface area (Å²) in [6.07, 6.45) is 4.29. The quantitative estimate of drug-likeness (QED) is 0.813. The number of aryl methyl sites for hydroxylation is 2. The summed E-state index contributed by atoms with van der Waals surface area (Å²) in [7, 11) is 0. The molecule has 0 N–H and O–H groups in total. The molecule has 2 aromatic carbocycles. The molecule has 0 saturated carbocycles. The normalized spacial score (nSPS) is 13.4. The van der Waals surface area contributed by atoms with Crippen LogP contribution in [-0.4, -0.2) is 0 Å². The molecule has 0 saturated heterocycles. The minimum absolute atomic E-state index is 0.0669. The van der Waals surface area contributed by atoms with Gasteiger partial charge in [0.15, 0.2) is 17.4 Å². The van der Waals surface area contributed by atoms with Gasteiger partial charge in [-0.05, 0) is 61.1 Å². The smallest absolute Gasteiger partial charge is 0.198 e. The van der Waals surface area contributed by atoms with E-state index in [4.69, 9.17) is 10.00 Å². The van der Waals surface area contributed by atoms with Crippen LogP contribution in [-0.2, 0) is 12.8 Å². The van der Waals surface area contributed by atoms with Crippen molar-refractivity contribution in [2.45, 2.75) is 25.7 Å². The van der Waals surface area contributed by atoms with Crippen molar-refractivity contribution in [2.24, 2.45) is 0 Å². The minimum atomic E-state index is -0.871. The first-order valence-electron chi connectivity index (χ1n) is 6.86. The Labute approximate surface area is 121 Å². The molecule has 21 heavy (non-hydrogen) atoms. The number of fused-ring (bicyclic) bond motifs is 1. The lowest BCUT2D eigenvalue weighted by Crippen LogP contribution is -2.02. The Morgan fingerprint density at radius 1 is 0.952 bits per heavy atom. The van der Waals surface area contributed by atoms with Gasteiger partial charge in [-0.25, -0.2) is 8.78 Å². The maximum atomic E-state index is 13.8. The molecule has 0 spiro atoms. The third kappa shape index (κ3) is 2.73. The zero-order chi connectivity index (χ0) is 14.8. The monoisotopic (exact) mass is 285 g/mol. The summed E-state index contributed by atoms with van der Waals surface area (Å²) in [5.74, 6) is -1.79. The molecule has 0 unspecified atom stereocenters. The Kier molecular flexibility index (Phi) is 3.57.